The van der Waals surface area contributed by atoms with Crippen LogP contribution in [0.3, 0.4) is 0 Å². The van der Waals surface area contributed by atoms with E-state index >= 15 is 0 Å². The fourth-order valence-corrected chi connectivity index (χ4v) is 1.34. The zero-order valence-electron chi connectivity index (χ0n) is 6.35. The third-order valence-electron chi connectivity index (χ3n) is 1.39. The molecule has 0 fully saturated rings. The van der Waals surface area contributed by atoms with Crippen LogP contribution in [0, 0.1) is 0 Å². The first kappa shape index (κ1) is 10.1. The normalized spacial score (nSPS) is 10.2. The number of halogens is 2. The number of rotatable bonds is 4. The van der Waals surface area contributed by atoms with E-state index in [1.807, 2.05) is 0 Å². The lowest BCUT2D eigenvalue weighted by molar-refractivity contribution is 0.0955. The second kappa shape index (κ2) is 4.87. The maximum absolute atomic E-state index is 11.3. The van der Waals surface area contributed by atoms with E-state index in [1.165, 1.54) is 0 Å². The van der Waals surface area contributed by atoms with Crippen molar-refractivity contribution in [3.05, 3.63) is 23.1 Å². The minimum Gasteiger partial charge on any atom is -0.442 e. The second-order valence-electron chi connectivity index (χ2n) is 2.32. The summed E-state index contributed by atoms with van der Waals surface area (Å²) in [7, 11) is 0. The molecule has 0 bridgehead atoms. The van der Waals surface area contributed by atoms with Gasteiger partial charge in [0.1, 0.15) is 0 Å². The summed E-state index contributed by atoms with van der Waals surface area (Å²) < 4.78 is 5.94. The van der Waals surface area contributed by atoms with Gasteiger partial charge in [-0.05, 0) is 34.6 Å². The highest BCUT2D eigenvalue weighted by molar-refractivity contribution is 14.1. The van der Waals surface area contributed by atoms with Crippen molar-refractivity contribution in [2.45, 2.75) is 12.8 Å². The van der Waals surface area contributed by atoms with Gasteiger partial charge in [0.2, 0.25) is 0 Å². The minimum absolute atomic E-state index is 0.0265. The lowest BCUT2D eigenvalue weighted by Crippen LogP contribution is -1.96. The van der Waals surface area contributed by atoms with Crippen LogP contribution in [-0.2, 0) is 0 Å². The molecule has 0 aliphatic carbocycles. The van der Waals surface area contributed by atoms with Crippen LogP contribution in [0.1, 0.15) is 23.4 Å². The van der Waals surface area contributed by atoms with Gasteiger partial charge in [0.15, 0.2) is 16.8 Å². The summed E-state index contributed by atoms with van der Waals surface area (Å²) in [6.07, 6.45) is 1.42. The molecular formula is C8H8ClIO2. The molecule has 0 spiro atoms. The molecule has 4 heteroatoms. The molecule has 0 atom stereocenters. The molecule has 0 radical (unpaired) electrons. The number of carbonyl (C=O) groups excluding carboxylic acids is 1. The number of Topliss-reactive ketones (excluding diaryl/α,β-unsaturated/α-hetero) is 1. The number of carbonyl (C=O) groups is 1. The Labute approximate surface area is 89.4 Å². The standard InChI is InChI=1S/C8H8ClIO2/c9-8-4-3-7(12-8)6(11)2-1-5-10/h3-4H,1-2,5H2. The van der Waals surface area contributed by atoms with Gasteiger partial charge in [0.25, 0.3) is 0 Å². The molecule has 1 rings (SSSR count). The number of hydrogen-bond acceptors (Lipinski definition) is 2. The maximum Gasteiger partial charge on any atom is 0.198 e. The average molecular weight is 299 g/mol. The topological polar surface area (TPSA) is 30.2 Å². The molecule has 0 aliphatic rings. The number of alkyl halides is 1. The predicted molar refractivity (Wildman–Crippen MR) is 56.2 cm³/mol. The third kappa shape index (κ3) is 2.79. The highest BCUT2D eigenvalue weighted by atomic mass is 127. The van der Waals surface area contributed by atoms with Crippen molar-refractivity contribution in [2.75, 3.05) is 4.43 Å². The van der Waals surface area contributed by atoms with Crippen molar-refractivity contribution in [3.63, 3.8) is 0 Å². The summed E-state index contributed by atoms with van der Waals surface area (Å²) in [4.78, 5) is 11.3. The predicted octanol–water partition coefficient (Wildman–Crippen LogP) is 3.33. The van der Waals surface area contributed by atoms with E-state index in [1.54, 1.807) is 12.1 Å². The summed E-state index contributed by atoms with van der Waals surface area (Å²) in [5.41, 5.74) is 0. The summed E-state index contributed by atoms with van der Waals surface area (Å²) in [6, 6.07) is 3.19. The number of ketones is 1. The number of furan rings is 1. The van der Waals surface area contributed by atoms with Gasteiger partial charge < -0.3 is 4.42 Å². The summed E-state index contributed by atoms with van der Waals surface area (Å²) >= 11 is 7.75. The van der Waals surface area contributed by atoms with Crippen molar-refractivity contribution in [1.29, 1.82) is 0 Å². The maximum atomic E-state index is 11.3. The Kier molecular flexibility index (Phi) is 4.08. The molecule has 1 heterocycles. The van der Waals surface area contributed by atoms with Gasteiger partial charge in [-0.3, -0.25) is 4.79 Å². The molecule has 0 aliphatic heterocycles. The first-order chi connectivity index (χ1) is 5.74. The highest BCUT2D eigenvalue weighted by Crippen LogP contribution is 2.15. The molecule has 1 aromatic heterocycles. The van der Waals surface area contributed by atoms with Gasteiger partial charge in [0, 0.05) is 6.42 Å². The Hall–Kier alpha value is -0.0300. The second-order valence-corrected chi connectivity index (χ2v) is 3.77. The van der Waals surface area contributed by atoms with Gasteiger partial charge >= 0.3 is 0 Å². The molecular weight excluding hydrogens is 290 g/mol. The van der Waals surface area contributed by atoms with Crippen molar-refractivity contribution in [3.8, 4) is 0 Å². The van der Waals surface area contributed by atoms with Crippen LogP contribution in [-0.4, -0.2) is 10.2 Å². The number of hydrogen-bond donors (Lipinski definition) is 0. The summed E-state index contributed by atoms with van der Waals surface area (Å²) in [6.45, 7) is 0. The van der Waals surface area contributed by atoms with E-state index in [2.05, 4.69) is 22.6 Å². The zero-order chi connectivity index (χ0) is 8.97. The highest BCUT2D eigenvalue weighted by Gasteiger charge is 2.09. The molecule has 0 saturated carbocycles. The van der Waals surface area contributed by atoms with Gasteiger partial charge in [-0.1, -0.05) is 22.6 Å². The van der Waals surface area contributed by atoms with Crippen LogP contribution < -0.4 is 0 Å². The van der Waals surface area contributed by atoms with Crippen molar-refractivity contribution >= 4 is 40.0 Å². The van der Waals surface area contributed by atoms with Crippen LogP contribution >= 0.6 is 34.2 Å². The molecule has 1 aromatic rings. The van der Waals surface area contributed by atoms with E-state index in [-0.39, 0.29) is 11.0 Å². The van der Waals surface area contributed by atoms with E-state index < -0.39 is 0 Å². The lowest BCUT2D eigenvalue weighted by atomic mass is 10.2. The van der Waals surface area contributed by atoms with Crippen LogP contribution in [0.15, 0.2) is 16.5 Å². The molecule has 0 aromatic carbocycles. The fraction of sp³-hybridized carbons (Fsp3) is 0.375. The Morgan fingerprint density at radius 3 is 2.83 bits per heavy atom. The minimum atomic E-state index is 0.0265. The monoisotopic (exact) mass is 298 g/mol. The Morgan fingerprint density at radius 2 is 2.33 bits per heavy atom. The van der Waals surface area contributed by atoms with Crippen LogP contribution in [0.25, 0.3) is 0 Å². The molecule has 12 heavy (non-hydrogen) atoms. The van der Waals surface area contributed by atoms with Gasteiger partial charge in [-0.2, -0.15) is 0 Å². The Bertz CT molecular complexity index is 270. The van der Waals surface area contributed by atoms with Crippen LogP contribution in [0.2, 0.25) is 5.22 Å². The Morgan fingerprint density at radius 1 is 1.58 bits per heavy atom. The van der Waals surface area contributed by atoms with Crippen molar-refractivity contribution < 1.29 is 9.21 Å². The first-order valence-electron chi connectivity index (χ1n) is 3.58. The third-order valence-corrected chi connectivity index (χ3v) is 2.35. The Balaban J connectivity index is 2.53. The molecule has 0 unspecified atom stereocenters. The smallest absolute Gasteiger partial charge is 0.198 e. The van der Waals surface area contributed by atoms with Crippen molar-refractivity contribution in [2.24, 2.45) is 0 Å². The SMILES string of the molecule is O=C(CCCI)c1ccc(Cl)o1. The van der Waals surface area contributed by atoms with Crippen LogP contribution in [0.5, 0.6) is 0 Å². The van der Waals surface area contributed by atoms with Gasteiger partial charge in [-0.15, -0.1) is 0 Å². The largest absolute Gasteiger partial charge is 0.442 e. The molecule has 2 nitrogen and oxygen atoms in total. The molecule has 0 N–H and O–H groups in total. The quantitative estimate of drug-likeness (QED) is 0.485. The molecule has 0 saturated heterocycles. The fourth-order valence-electron chi connectivity index (χ4n) is 0.815. The molecule has 66 valence electrons. The molecule has 0 amide bonds. The van der Waals surface area contributed by atoms with Crippen LogP contribution in [0.4, 0.5) is 0 Å². The first-order valence-corrected chi connectivity index (χ1v) is 5.49. The van der Waals surface area contributed by atoms with E-state index in [0.29, 0.717) is 12.2 Å². The van der Waals surface area contributed by atoms with E-state index in [9.17, 15) is 4.79 Å². The summed E-state index contributed by atoms with van der Waals surface area (Å²) in [5, 5.41) is 0.271. The zero-order valence-corrected chi connectivity index (χ0v) is 9.26. The van der Waals surface area contributed by atoms with Gasteiger partial charge in [0.05, 0.1) is 0 Å². The summed E-state index contributed by atoms with van der Waals surface area (Å²) in [5.74, 6) is 0.392. The average Bonchev–Trinajstić information content (AvgIpc) is 2.47. The van der Waals surface area contributed by atoms with Gasteiger partial charge in [-0.25, -0.2) is 0 Å². The van der Waals surface area contributed by atoms with E-state index in [0.717, 1.165) is 10.8 Å². The van der Waals surface area contributed by atoms with E-state index in [4.69, 9.17) is 16.0 Å². The van der Waals surface area contributed by atoms with Crippen molar-refractivity contribution in [1.82, 2.24) is 0 Å². The lowest BCUT2D eigenvalue weighted by Gasteiger charge is -1.92.